The minimum atomic E-state index is 0.00777. The van der Waals surface area contributed by atoms with E-state index in [4.69, 9.17) is 5.73 Å². The number of aromatic nitrogens is 2. The highest BCUT2D eigenvalue weighted by Crippen LogP contribution is 2.20. The molecule has 0 spiro atoms. The van der Waals surface area contributed by atoms with Gasteiger partial charge in [-0.3, -0.25) is 4.79 Å². The maximum absolute atomic E-state index is 12.6. The topological polar surface area (TPSA) is 75.4 Å². The second-order valence-corrected chi connectivity index (χ2v) is 6.07. The summed E-state index contributed by atoms with van der Waals surface area (Å²) in [6.07, 6.45) is 0.914. The fraction of sp³-hybridized carbons (Fsp3) is 0.400. The molecule has 22 heavy (non-hydrogen) atoms. The number of para-hydroxylation sites is 1. The van der Waals surface area contributed by atoms with Crippen molar-refractivity contribution in [2.45, 2.75) is 13.3 Å². The summed E-state index contributed by atoms with van der Waals surface area (Å²) in [5.74, 6) is 0.808. The summed E-state index contributed by atoms with van der Waals surface area (Å²) in [4.78, 5) is 21.1. The third-order valence-electron chi connectivity index (χ3n) is 3.76. The summed E-state index contributed by atoms with van der Waals surface area (Å²) < 4.78 is 4.23. The van der Waals surface area contributed by atoms with Crippen LogP contribution in [0.25, 0.3) is 0 Å². The molecular weight excluding hydrogens is 298 g/mol. The fourth-order valence-corrected chi connectivity index (χ4v) is 3.31. The van der Waals surface area contributed by atoms with Crippen LogP contribution in [0.15, 0.2) is 24.3 Å². The molecule has 0 bridgehead atoms. The van der Waals surface area contributed by atoms with E-state index in [0.29, 0.717) is 17.8 Å². The summed E-state index contributed by atoms with van der Waals surface area (Å²) >= 11 is 1.42. The second-order valence-electron chi connectivity index (χ2n) is 5.34. The molecule has 1 aromatic carbocycles. The Morgan fingerprint density at radius 2 is 2.05 bits per heavy atom. The number of nitrogen functional groups attached to an aromatic ring is 1. The Balaban J connectivity index is 1.70. The standard InChI is InChI=1S/C15H19N5OS/c1-11-17-15(22-18-11)20-8-4-7-19(9-10-20)14(21)12-5-2-3-6-13(12)16/h2-3,5-6H,4,7-10,16H2,1H3. The maximum atomic E-state index is 12.6. The predicted octanol–water partition coefficient (Wildman–Crippen LogP) is 1.78. The third-order valence-corrected chi connectivity index (χ3v) is 4.63. The smallest absolute Gasteiger partial charge is 0.256 e. The number of rotatable bonds is 2. The van der Waals surface area contributed by atoms with Crippen molar-refractivity contribution in [3.05, 3.63) is 35.7 Å². The van der Waals surface area contributed by atoms with Gasteiger partial charge in [0.25, 0.3) is 5.91 Å². The molecule has 1 fully saturated rings. The number of nitrogens with two attached hydrogens (primary N) is 1. The maximum Gasteiger partial charge on any atom is 0.256 e. The summed E-state index contributed by atoms with van der Waals surface area (Å²) in [7, 11) is 0. The van der Waals surface area contributed by atoms with E-state index < -0.39 is 0 Å². The molecule has 0 aliphatic carbocycles. The van der Waals surface area contributed by atoms with Crippen LogP contribution >= 0.6 is 11.5 Å². The first kappa shape index (κ1) is 14.8. The van der Waals surface area contributed by atoms with Gasteiger partial charge in [-0.15, -0.1) is 0 Å². The zero-order valence-electron chi connectivity index (χ0n) is 12.5. The number of benzene rings is 1. The minimum absolute atomic E-state index is 0.00777. The van der Waals surface area contributed by atoms with Crippen molar-refractivity contribution >= 4 is 28.3 Å². The van der Waals surface area contributed by atoms with E-state index in [1.165, 1.54) is 11.5 Å². The lowest BCUT2D eigenvalue weighted by Crippen LogP contribution is -2.35. The summed E-state index contributed by atoms with van der Waals surface area (Å²) in [6, 6.07) is 7.24. The predicted molar refractivity (Wildman–Crippen MR) is 88.2 cm³/mol. The van der Waals surface area contributed by atoms with E-state index >= 15 is 0 Å². The molecule has 2 aromatic rings. The van der Waals surface area contributed by atoms with Gasteiger partial charge in [0.15, 0.2) is 0 Å². The van der Waals surface area contributed by atoms with Crippen molar-refractivity contribution in [1.29, 1.82) is 0 Å². The van der Waals surface area contributed by atoms with E-state index in [0.717, 1.165) is 37.0 Å². The number of amides is 1. The number of carbonyl (C=O) groups is 1. The van der Waals surface area contributed by atoms with Crippen molar-refractivity contribution in [1.82, 2.24) is 14.3 Å². The lowest BCUT2D eigenvalue weighted by Gasteiger charge is -2.22. The van der Waals surface area contributed by atoms with Gasteiger partial charge in [0, 0.05) is 43.4 Å². The van der Waals surface area contributed by atoms with E-state index in [2.05, 4.69) is 14.3 Å². The summed E-state index contributed by atoms with van der Waals surface area (Å²) in [5, 5.41) is 0.936. The van der Waals surface area contributed by atoms with E-state index in [-0.39, 0.29) is 5.91 Å². The first-order valence-electron chi connectivity index (χ1n) is 7.34. The van der Waals surface area contributed by atoms with Crippen LogP contribution in [0.4, 0.5) is 10.8 Å². The first-order valence-corrected chi connectivity index (χ1v) is 8.11. The third kappa shape index (κ3) is 3.04. The van der Waals surface area contributed by atoms with Crippen LogP contribution in [0, 0.1) is 6.92 Å². The van der Waals surface area contributed by atoms with Crippen molar-refractivity contribution in [3.8, 4) is 0 Å². The van der Waals surface area contributed by atoms with E-state index in [9.17, 15) is 4.79 Å². The Morgan fingerprint density at radius 1 is 1.23 bits per heavy atom. The largest absolute Gasteiger partial charge is 0.398 e. The average molecular weight is 317 g/mol. The molecule has 0 radical (unpaired) electrons. The molecule has 1 aliphatic heterocycles. The normalized spacial score (nSPS) is 15.7. The number of carbonyl (C=O) groups excluding carboxylic acids is 1. The first-order chi connectivity index (χ1) is 10.6. The Kier molecular flexibility index (Phi) is 4.24. The molecule has 0 saturated carbocycles. The van der Waals surface area contributed by atoms with Crippen LogP contribution < -0.4 is 10.6 Å². The number of hydrogen-bond donors (Lipinski definition) is 1. The Hall–Kier alpha value is -2.15. The minimum Gasteiger partial charge on any atom is -0.398 e. The van der Waals surface area contributed by atoms with Crippen LogP contribution in [0.5, 0.6) is 0 Å². The quantitative estimate of drug-likeness (QED) is 0.855. The number of hydrogen-bond acceptors (Lipinski definition) is 6. The van der Waals surface area contributed by atoms with Crippen LogP contribution in [0.3, 0.4) is 0 Å². The molecule has 3 rings (SSSR count). The SMILES string of the molecule is Cc1nsc(N2CCCN(C(=O)c3ccccc3N)CC2)n1. The van der Waals surface area contributed by atoms with Gasteiger partial charge in [-0.2, -0.15) is 4.37 Å². The number of nitrogens with zero attached hydrogens (tertiary/aromatic N) is 4. The van der Waals surface area contributed by atoms with Gasteiger partial charge in [0.2, 0.25) is 5.13 Å². The lowest BCUT2D eigenvalue weighted by atomic mass is 10.1. The van der Waals surface area contributed by atoms with E-state index in [1.54, 1.807) is 12.1 Å². The van der Waals surface area contributed by atoms with Gasteiger partial charge in [0.05, 0.1) is 5.56 Å². The molecule has 1 amide bonds. The fourth-order valence-electron chi connectivity index (χ4n) is 2.59. The highest BCUT2D eigenvalue weighted by Gasteiger charge is 2.22. The molecule has 6 nitrogen and oxygen atoms in total. The molecule has 0 atom stereocenters. The monoisotopic (exact) mass is 317 g/mol. The molecule has 7 heteroatoms. The van der Waals surface area contributed by atoms with Crippen molar-refractivity contribution in [2.24, 2.45) is 0 Å². The van der Waals surface area contributed by atoms with E-state index in [1.807, 2.05) is 24.0 Å². The van der Waals surface area contributed by atoms with Gasteiger partial charge in [-0.1, -0.05) is 12.1 Å². The number of anilines is 2. The lowest BCUT2D eigenvalue weighted by molar-refractivity contribution is 0.0768. The molecule has 2 heterocycles. The number of aryl methyl sites for hydroxylation is 1. The zero-order valence-corrected chi connectivity index (χ0v) is 13.3. The summed E-state index contributed by atoms with van der Waals surface area (Å²) in [6.45, 7) is 4.97. The van der Waals surface area contributed by atoms with Crippen LogP contribution in [-0.2, 0) is 0 Å². The highest BCUT2D eigenvalue weighted by atomic mass is 32.1. The average Bonchev–Trinajstić information content (AvgIpc) is 2.81. The van der Waals surface area contributed by atoms with Crippen LogP contribution in [0.2, 0.25) is 0 Å². The van der Waals surface area contributed by atoms with Gasteiger partial charge in [0.1, 0.15) is 5.82 Å². The Labute approximate surface area is 133 Å². The highest BCUT2D eigenvalue weighted by molar-refractivity contribution is 7.09. The van der Waals surface area contributed by atoms with Crippen molar-refractivity contribution < 1.29 is 4.79 Å². The van der Waals surface area contributed by atoms with Gasteiger partial charge in [-0.25, -0.2) is 4.98 Å². The molecular formula is C15H19N5OS. The Bertz CT molecular complexity index is 671. The van der Waals surface area contributed by atoms with Crippen molar-refractivity contribution in [2.75, 3.05) is 36.8 Å². The van der Waals surface area contributed by atoms with Crippen LogP contribution in [0.1, 0.15) is 22.6 Å². The van der Waals surface area contributed by atoms with Crippen LogP contribution in [-0.4, -0.2) is 46.3 Å². The van der Waals surface area contributed by atoms with Crippen molar-refractivity contribution in [3.63, 3.8) is 0 Å². The van der Waals surface area contributed by atoms with Gasteiger partial charge in [-0.05, 0) is 25.5 Å². The zero-order chi connectivity index (χ0) is 15.5. The molecule has 0 unspecified atom stereocenters. The molecule has 1 aliphatic rings. The summed E-state index contributed by atoms with van der Waals surface area (Å²) in [5.41, 5.74) is 7.04. The molecule has 2 N–H and O–H groups in total. The molecule has 116 valence electrons. The van der Waals surface area contributed by atoms with Gasteiger partial charge < -0.3 is 15.5 Å². The Morgan fingerprint density at radius 3 is 2.77 bits per heavy atom. The molecule has 1 saturated heterocycles. The van der Waals surface area contributed by atoms with Gasteiger partial charge >= 0.3 is 0 Å². The molecule has 1 aromatic heterocycles. The second kappa shape index (κ2) is 6.31.